The van der Waals surface area contributed by atoms with Gasteiger partial charge in [0, 0.05) is 36.8 Å². The Morgan fingerprint density at radius 3 is 2.54 bits per heavy atom. The van der Waals surface area contributed by atoms with Gasteiger partial charge in [0.25, 0.3) is 5.91 Å². The molecule has 1 aliphatic heterocycles. The summed E-state index contributed by atoms with van der Waals surface area (Å²) >= 11 is 7.55. The number of piperazine rings is 1. The number of thiazole rings is 1. The average molecular weight is 388 g/mol. The Kier molecular flexibility index (Phi) is 4.70. The van der Waals surface area contributed by atoms with Crippen molar-refractivity contribution in [2.45, 2.75) is 0 Å². The van der Waals surface area contributed by atoms with Crippen molar-refractivity contribution < 1.29 is 9.53 Å². The molecule has 0 spiro atoms. The van der Waals surface area contributed by atoms with Crippen LogP contribution in [0.25, 0.3) is 10.2 Å². The molecule has 2 heterocycles. The lowest BCUT2D eigenvalue weighted by atomic mass is 10.2. The molecule has 26 heavy (non-hydrogen) atoms. The van der Waals surface area contributed by atoms with E-state index in [2.05, 4.69) is 4.90 Å². The highest BCUT2D eigenvalue weighted by Gasteiger charge is 2.24. The molecule has 1 aliphatic rings. The van der Waals surface area contributed by atoms with Crippen molar-refractivity contribution in [2.24, 2.45) is 0 Å². The van der Waals surface area contributed by atoms with Crippen molar-refractivity contribution in [2.75, 3.05) is 38.2 Å². The van der Waals surface area contributed by atoms with Crippen LogP contribution in [0.4, 0.5) is 5.13 Å². The van der Waals surface area contributed by atoms with E-state index in [1.807, 2.05) is 23.1 Å². The number of fused-ring (bicyclic) bond motifs is 1. The first-order chi connectivity index (χ1) is 12.6. The lowest BCUT2D eigenvalue weighted by molar-refractivity contribution is 0.0747. The Balaban J connectivity index is 1.44. The third-order valence-corrected chi connectivity index (χ3v) is 5.84. The van der Waals surface area contributed by atoms with E-state index in [0.717, 1.165) is 34.2 Å². The Morgan fingerprint density at radius 1 is 1.12 bits per heavy atom. The summed E-state index contributed by atoms with van der Waals surface area (Å²) in [6.45, 7) is 2.91. The van der Waals surface area contributed by atoms with Crippen LogP contribution in [-0.4, -0.2) is 49.1 Å². The molecule has 1 fully saturated rings. The second-order valence-electron chi connectivity index (χ2n) is 6.12. The van der Waals surface area contributed by atoms with Gasteiger partial charge in [-0.3, -0.25) is 4.79 Å². The number of carbonyl (C=O) groups excluding carboxylic acids is 1. The minimum absolute atomic E-state index is 0.0513. The van der Waals surface area contributed by atoms with Crippen molar-refractivity contribution in [1.82, 2.24) is 9.88 Å². The van der Waals surface area contributed by atoms with Gasteiger partial charge in [0.05, 0.1) is 17.3 Å². The Bertz CT molecular complexity index is 934. The van der Waals surface area contributed by atoms with E-state index in [0.29, 0.717) is 23.7 Å². The summed E-state index contributed by atoms with van der Waals surface area (Å²) in [5, 5.41) is 1.63. The molecule has 3 aromatic rings. The Morgan fingerprint density at radius 2 is 1.85 bits per heavy atom. The molecular formula is C19H18ClN3O2S. The van der Waals surface area contributed by atoms with Crippen LogP contribution in [-0.2, 0) is 0 Å². The van der Waals surface area contributed by atoms with E-state index in [9.17, 15) is 4.79 Å². The number of hydrogen-bond acceptors (Lipinski definition) is 5. The van der Waals surface area contributed by atoms with Crippen LogP contribution in [0, 0.1) is 0 Å². The van der Waals surface area contributed by atoms with Gasteiger partial charge in [-0.1, -0.05) is 22.9 Å². The maximum atomic E-state index is 12.6. The number of carbonyl (C=O) groups is 1. The van der Waals surface area contributed by atoms with Crippen LogP contribution < -0.4 is 9.64 Å². The zero-order valence-electron chi connectivity index (χ0n) is 14.3. The number of anilines is 1. The molecule has 0 saturated carbocycles. The number of aromatic nitrogens is 1. The third-order valence-electron chi connectivity index (χ3n) is 4.51. The summed E-state index contributed by atoms with van der Waals surface area (Å²) in [5.41, 5.74) is 1.65. The lowest BCUT2D eigenvalue weighted by Crippen LogP contribution is -2.48. The van der Waals surface area contributed by atoms with Gasteiger partial charge in [-0.15, -0.1) is 0 Å². The Labute approximate surface area is 160 Å². The van der Waals surface area contributed by atoms with Gasteiger partial charge in [-0.05, 0) is 42.5 Å². The van der Waals surface area contributed by atoms with E-state index in [4.69, 9.17) is 21.3 Å². The largest absolute Gasteiger partial charge is 0.497 e. The van der Waals surface area contributed by atoms with E-state index in [-0.39, 0.29) is 5.91 Å². The van der Waals surface area contributed by atoms with Gasteiger partial charge in [-0.25, -0.2) is 4.98 Å². The van der Waals surface area contributed by atoms with Crippen LogP contribution in [0.2, 0.25) is 5.02 Å². The molecule has 0 unspecified atom stereocenters. The van der Waals surface area contributed by atoms with Gasteiger partial charge >= 0.3 is 0 Å². The average Bonchev–Trinajstić information content (AvgIpc) is 3.11. The maximum absolute atomic E-state index is 12.6. The first kappa shape index (κ1) is 17.1. The molecule has 0 aliphatic carbocycles. The summed E-state index contributed by atoms with van der Waals surface area (Å²) in [6.07, 6.45) is 0. The molecule has 4 rings (SSSR count). The van der Waals surface area contributed by atoms with Gasteiger partial charge in [0.15, 0.2) is 5.13 Å². The first-order valence-electron chi connectivity index (χ1n) is 8.38. The van der Waals surface area contributed by atoms with E-state index < -0.39 is 0 Å². The number of hydrogen-bond donors (Lipinski definition) is 0. The van der Waals surface area contributed by atoms with Gasteiger partial charge in [0.1, 0.15) is 5.75 Å². The fourth-order valence-electron chi connectivity index (χ4n) is 3.03. The predicted molar refractivity (Wildman–Crippen MR) is 106 cm³/mol. The molecule has 1 saturated heterocycles. The smallest absolute Gasteiger partial charge is 0.253 e. The Hall–Kier alpha value is -2.31. The zero-order chi connectivity index (χ0) is 18.1. The molecule has 0 atom stereocenters. The van der Waals surface area contributed by atoms with E-state index in [1.165, 1.54) is 0 Å². The molecular weight excluding hydrogens is 370 g/mol. The molecule has 1 aromatic heterocycles. The van der Waals surface area contributed by atoms with E-state index >= 15 is 0 Å². The first-order valence-corrected chi connectivity index (χ1v) is 9.58. The topological polar surface area (TPSA) is 45.7 Å². The maximum Gasteiger partial charge on any atom is 0.253 e. The number of amides is 1. The van der Waals surface area contributed by atoms with Crippen LogP contribution in [0.3, 0.4) is 0 Å². The van der Waals surface area contributed by atoms with E-state index in [1.54, 1.807) is 42.7 Å². The van der Waals surface area contributed by atoms with Crippen molar-refractivity contribution in [3.05, 3.63) is 53.1 Å². The molecule has 0 N–H and O–H groups in total. The third kappa shape index (κ3) is 3.34. The standard InChI is InChI=1S/C19H18ClN3O2S/c1-25-15-6-7-16-17(12-15)26-19(21-16)23-10-8-22(9-11-23)18(24)13-2-4-14(20)5-3-13/h2-7,12H,8-11H2,1H3. The number of nitrogens with zero attached hydrogens (tertiary/aromatic N) is 3. The second-order valence-corrected chi connectivity index (χ2v) is 7.56. The highest BCUT2D eigenvalue weighted by molar-refractivity contribution is 7.22. The zero-order valence-corrected chi connectivity index (χ0v) is 15.9. The van der Waals surface area contributed by atoms with Crippen molar-refractivity contribution in [3.8, 4) is 5.75 Å². The summed E-state index contributed by atoms with van der Waals surface area (Å²) < 4.78 is 6.39. The highest BCUT2D eigenvalue weighted by Crippen LogP contribution is 2.32. The summed E-state index contributed by atoms with van der Waals surface area (Å²) in [6, 6.07) is 13.0. The van der Waals surface area contributed by atoms with Gasteiger partial charge in [0.2, 0.25) is 0 Å². The molecule has 2 aromatic carbocycles. The SMILES string of the molecule is COc1ccc2nc(N3CCN(C(=O)c4ccc(Cl)cc4)CC3)sc2c1. The summed E-state index contributed by atoms with van der Waals surface area (Å²) in [7, 11) is 1.67. The molecule has 0 radical (unpaired) electrons. The van der Waals surface area contributed by atoms with Crippen LogP contribution in [0.1, 0.15) is 10.4 Å². The van der Waals surface area contributed by atoms with Crippen molar-refractivity contribution >= 4 is 44.2 Å². The molecule has 5 nitrogen and oxygen atoms in total. The number of rotatable bonds is 3. The highest BCUT2D eigenvalue weighted by atomic mass is 35.5. The number of benzene rings is 2. The monoisotopic (exact) mass is 387 g/mol. The summed E-state index contributed by atoms with van der Waals surface area (Å²) in [4.78, 5) is 21.4. The van der Waals surface area contributed by atoms with Crippen molar-refractivity contribution in [3.63, 3.8) is 0 Å². The molecule has 1 amide bonds. The van der Waals surface area contributed by atoms with Gasteiger partial charge < -0.3 is 14.5 Å². The second kappa shape index (κ2) is 7.13. The summed E-state index contributed by atoms with van der Waals surface area (Å²) in [5.74, 6) is 0.890. The molecule has 134 valence electrons. The number of halogens is 1. The number of ether oxygens (including phenoxy) is 1. The van der Waals surface area contributed by atoms with Crippen LogP contribution in [0.15, 0.2) is 42.5 Å². The minimum atomic E-state index is 0.0513. The van der Waals surface area contributed by atoms with Gasteiger partial charge in [-0.2, -0.15) is 0 Å². The normalized spacial score (nSPS) is 14.7. The number of methoxy groups -OCH3 is 1. The lowest BCUT2D eigenvalue weighted by Gasteiger charge is -2.34. The van der Waals surface area contributed by atoms with Crippen LogP contribution >= 0.6 is 22.9 Å². The fourth-order valence-corrected chi connectivity index (χ4v) is 4.20. The molecule has 7 heteroatoms. The fraction of sp³-hybridized carbons (Fsp3) is 0.263. The van der Waals surface area contributed by atoms with Crippen molar-refractivity contribution in [1.29, 1.82) is 0 Å². The van der Waals surface area contributed by atoms with Crippen LogP contribution in [0.5, 0.6) is 5.75 Å². The molecule has 0 bridgehead atoms. The minimum Gasteiger partial charge on any atom is -0.497 e. The quantitative estimate of drug-likeness (QED) is 0.683. The predicted octanol–water partition coefficient (Wildman–Crippen LogP) is 3.92.